The summed E-state index contributed by atoms with van der Waals surface area (Å²) in [6.07, 6.45) is 1.68. The lowest BCUT2D eigenvalue weighted by molar-refractivity contribution is -0.119. The highest BCUT2D eigenvalue weighted by Gasteiger charge is 2.23. The van der Waals surface area contributed by atoms with E-state index in [1.165, 1.54) is 0 Å². The van der Waals surface area contributed by atoms with E-state index in [0.717, 1.165) is 41.8 Å². The van der Waals surface area contributed by atoms with Gasteiger partial charge in [-0.2, -0.15) is 0 Å². The van der Waals surface area contributed by atoms with Crippen molar-refractivity contribution in [1.29, 1.82) is 0 Å². The molecule has 2 heterocycles. The van der Waals surface area contributed by atoms with Crippen molar-refractivity contribution in [2.75, 3.05) is 36.5 Å². The third-order valence-electron chi connectivity index (χ3n) is 5.94. The maximum Gasteiger partial charge on any atom is 0.227 e. The number of nitrogens with one attached hydrogen (secondary N) is 2. The van der Waals surface area contributed by atoms with Gasteiger partial charge in [0.1, 0.15) is 5.82 Å². The van der Waals surface area contributed by atoms with Crippen LogP contribution in [0.2, 0.25) is 5.02 Å². The third-order valence-corrected chi connectivity index (χ3v) is 6.26. The van der Waals surface area contributed by atoms with Crippen LogP contribution in [0.4, 0.5) is 11.5 Å². The molecule has 168 valence electrons. The molecule has 1 saturated heterocycles. The van der Waals surface area contributed by atoms with Crippen LogP contribution < -0.4 is 15.5 Å². The zero-order chi connectivity index (χ0) is 22.5. The predicted molar refractivity (Wildman–Crippen MR) is 130 cm³/mol. The molecule has 1 aliphatic rings. The Morgan fingerprint density at radius 3 is 2.81 bits per heavy atom. The minimum absolute atomic E-state index is 0.0651. The van der Waals surface area contributed by atoms with Crippen LogP contribution in [0.5, 0.6) is 0 Å². The number of aliphatic hydroxyl groups is 1. The first-order valence-electron chi connectivity index (χ1n) is 11.1. The van der Waals surface area contributed by atoms with E-state index < -0.39 is 0 Å². The predicted octanol–water partition coefficient (Wildman–Crippen LogP) is 3.87. The third kappa shape index (κ3) is 5.21. The Bertz CT molecular complexity index is 1080. The fourth-order valence-electron chi connectivity index (χ4n) is 4.18. The van der Waals surface area contributed by atoms with E-state index in [1.807, 2.05) is 55.5 Å². The van der Waals surface area contributed by atoms with Crippen LogP contribution in [-0.4, -0.2) is 48.3 Å². The first kappa shape index (κ1) is 22.5. The number of rotatable bonds is 8. The Balaban J connectivity index is 1.50. The number of aliphatic hydroxyl groups excluding tert-OH is 1. The molecule has 0 unspecified atom stereocenters. The van der Waals surface area contributed by atoms with E-state index in [2.05, 4.69) is 15.5 Å². The summed E-state index contributed by atoms with van der Waals surface area (Å²) in [4.78, 5) is 20.0. The molecule has 0 spiro atoms. The van der Waals surface area contributed by atoms with E-state index in [4.69, 9.17) is 21.7 Å². The highest BCUT2D eigenvalue weighted by atomic mass is 35.5. The number of carbonyl (C=O) groups excluding carboxylic acids is 1. The maximum absolute atomic E-state index is 12.9. The summed E-state index contributed by atoms with van der Waals surface area (Å²) in [6.45, 7) is 4.44. The highest BCUT2D eigenvalue weighted by molar-refractivity contribution is 6.35. The standard InChI is InChI=1S/C25H29ClN4O2/c1-17(15-18-5-3-2-4-6-18)25(32)29-24-20-7-10-23(28-22(20)9-8-21(24)26)30-13-11-19(16-30)27-12-14-31/h2-10,17,19,27,31H,11-16H2,1H3,(H,29,32)/t17-,19+/m1/s1. The summed E-state index contributed by atoms with van der Waals surface area (Å²) < 4.78 is 0. The van der Waals surface area contributed by atoms with E-state index in [-0.39, 0.29) is 18.4 Å². The molecule has 4 rings (SSSR count). The number of benzene rings is 2. The number of carbonyl (C=O) groups is 1. The monoisotopic (exact) mass is 452 g/mol. The molecule has 3 aromatic rings. The Kier molecular flexibility index (Phi) is 7.25. The van der Waals surface area contributed by atoms with Gasteiger partial charge in [0.25, 0.3) is 0 Å². The van der Waals surface area contributed by atoms with E-state index >= 15 is 0 Å². The molecular formula is C25H29ClN4O2. The Morgan fingerprint density at radius 2 is 2.03 bits per heavy atom. The van der Waals surface area contributed by atoms with Crippen molar-refractivity contribution >= 4 is 39.9 Å². The number of fused-ring (bicyclic) bond motifs is 1. The van der Waals surface area contributed by atoms with Crippen LogP contribution in [0.3, 0.4) is 0 Å². The molecule has 2 aromatic carbocycles. The number of halogens is 1. The molecule has 1 aromatic heterocycles. The van der Waals surface area contributed by atoms with Gasteiger partial charge >= 0.3 is 0 Å². The summed E-state index contributed by atoms with van der Waals surface area (Å²) in [6, 6.07) is 18.0. The summed E-state index contributed by atoms with van der Waals surface area (Å²) in [7, 11) is 0. The van der Waals surface area contributed by atoms with Gasteiger partial charge in [0.15, 0.2) is 0 Å². The number of aromatic nitrogens is 1. The summed E-state index contributed by atoms with van der Waals surface area (Å²) in [5.41, 5.74) is 2.53. The van der Waals surface area contributed by atoms with Crippen molar-refractivity contribution in [3.05, 3.63) is 65.2 Å². The number of hydrogen-bond acceptors (Lipinski definition) is 5. The lowest BCUT2D eigenvalue weighted by Crippen LogP contribution is -2.34. The highest BCUT2D eigenvalue weighted by Crippen LogP contribution is 2.33. The fourth-order valence-corrected chi connectivity index (χ4v) is 4.39. The SMILES string of the molecule is C[C@H](Cc1ccccc1)C(=O)Nc1c(Cl)ccc2nc(N3CC[C@H](NCCO)C3)ccc12. The van der Waals surface area contributed by atoms with Crippen molar-refractivity contribution in [1.82, 2.24) is 10.3 Å². The van der Waals surface area contributed by atoms with Crippen LogP contribution in [0.15, 0.2) is 54.6 Å². The molecule has 2 atom stereocenters. The van der Waals surface area contributed by atoms with Crippen LogP contribution in [-0.2, 0) is 11.2 Å². The normalized spacial score (nSPS) is 17.0. The maximum atomic E-state index is 12.9. The lowest BCUT2D eigenvalue weighted by Gasteiger charge is -2.19. The van der Waals surface area contributed by atoms with E-state index in [1.54, 1.807) is 6.07 Å². The Labute approximate surface area is 193 Å². The van der Waals surface area contributed by atoms with Crippen molar-refractivity contribution < 1.29 is 9.90 Å². The largest absolute Gasteiger partial charge is 0.395 e. The molecule has 0 bridgehead atoms. The van der Waals surface area contributed by atoms with E-state index in [9.17, 15) is 4.79 Å². The topological polar surface area (TPSA) is 77.5 Å². The Morgan fingerprint density at radius 1 is 1.22 bits per heavy atom. The second-order valence-corrected chi connectivity index (χ2v) is 8.76. The summed E-state index contributed by atoms with van der Waals surface area (Å²) >= 11 is 6.47. The fraction of sp³-hybridized carbons (Fsp3) is 0.360. The smallest absolute Gasteiger partial charge is 0.227 e. The summed E-state index contributed by atoms with van der Waals surface area (Å²) in [5.74, 6) is 0.649. The molecular weight excluding hydrogens is 424 g/mol. The average molecular weight is 453 g/mol. The van der Waals surface area contributed by atoms with Crippen LogP contribution in [0, 0.1) is 5.92 Å². The van der Waals surface area contributed by atoms with Gasteiger partial charge in [0, 0.05) is 37.0 Å². The molecule has 32 heavy (non-hydrogen) atoms. The van der Waals surface area contributed by atoms with Gasteiger partial charge in [0.05, 0.1) is 22.8 Å². The molecule has 1 fully saturated rings. The van der Waals surface area contributed by atoms with Crippen LogP contribution >= 0.6 is 11.6 Å². The van der Waals surface area contributed by atoms with Gasteiger partial charge in [-0.25, -0.2) is 4.98 Å². The molecule has 6 nitrogen and oxygen atoms in total. The number of anilines is 2. The average Bonchev–Trinajstić information content (AvgIpc) is 3.29. The van der Waals surface area contributed by atoms with Gasteiger partial charge in [-0.3, -0.25) is 4.79 Å². The van der Waals surface area contributed by atoms with Crippen LogP contribution in [0.1, 0.15) is 18.9 Å². The van der Waals surface area contributed by atoms with Crippen molar-refractivity contribution in [3.8, 4) is 0 Å². The molecule has 0 saturated carbocycles. The van der Waals surface area contributed by atoms with Crippen molar-refractivity contribution in [2.24, 2.45) is 5.92 Å². The van der Waals surface area contributed by atoms with Crippen molar-refractivity contribution in [2.45, 2.75) is 25.8 Å². The van der Waals surface area contributed by atoms with Gasteiger partial charge in [0.2, 0.25) is 5.91 Å². The number of hydrogen-bond donors (Lipinski definition) is 3. The first-order chi connectivity index (χ1) is 15.5. The number of pyridine rings is 1. The number of nitrogens with zero attached hydrogens (tertiary/aromatic N) is 2. The second kappa shape index (κ2) is 10.3. The zero-order valence-electron chi connectivity index (χ0n) is 18.2. The molecule has 7 heteroatoms. The first-order valence-corrected chi connectivity index (χ1v) is 11.5. The molecule has 1 amide bonds. The molecule has 3 N–H and O–H groups in total. The minimum atomic E-state index is -0.191. The Hall–Kier alpha value is -2.67. The molecule has 0 radical (unpaired) electrons. The van der Waals surface area contributed by atoms with Crippen LogP contribution in [0.25, 0.3) is 10.9 Å². The van der Waals surface area contributed by atoms with Gasteiger partial charge < -0.3 is 20.6 Å². The van der Waals surface area contributed by atoms with E-state index in [0.29, 0.717) is 29.7 Å². The summed E-state index contributed by atoms with van der Waals surface area (Å²) in [5, 5.41) is 16.7. The second-order valence-electron chi connectivity index (χ2n) is 8.35. The van der Waals surface area contributed by atoms with Gasteiger partial charge in [-0.05, 0) is 42.7 Å². The molecule has 1 aliphatic heterocycles. The number of amides is 1. The van der Waals surface area contributed by atoms with Crippen molar-refractivity contribution in [3.63, 3.8) is 0 Å². The molecule has 0 aliphatic carbocycles. The lowest BCUT2D eigenvalue weighted by atomic mass is 10.00. The zero-order valence-corrected chi connectivity index (χ0v) is 19.0. The minimum Gasteiger partial charge on any atom is -0.395 e. The quantitative estimate of drug-likeness (QED) is 0.483. The van der Waals surface area contributed by atoms with Gasteiger partial charge in [-0.1, -0.05) is 48.9 Å². The van der Waals surface area contributed by atoms with Gasteiger partial charge in [-0.15, -0.1) is 0 Å².